The van der Waals surface area contributed by atoms with Crippen LogP contribution in [0.3, 0.4) is 0 Å². The summed E-state index contributed by atoms with van der Waals surface area (Å²) >= 11 is 0. The molecule has 0 aromatic heterocycles. The summed E-state index contributed by atoms with van der Waals surface area (Å²) < 4.78 is 10.1. The van der Waals surface area contributed by atoms with Crippen LogP contribution in [0.2, 0.25) is 0 Å². The lowest BCUT2D eigenvalue weighted by Crippen LogP contribution is -2.14. The first-order valence-electron chi connectivity index (χ1n) is 6.00. The molecule has 1 aromatic rings. The Kier molecular flexibility index (Phi) is 4.95. The predicted octanol–water partition coefficient (Wildman–Crippen LogP) is 3.09. The van der Waals surface area contributed by atoms with Gasteiger partial charge in [-0.2, -0.15) is 0 Å². The summed E-state index contributed by atoms with van der Waals surface area (Å²) in [6.45, 7) is 6.26. The van der Waals surface area contributed by atoms with Gasteiger partial charge in [-0.15, -0.1) is 0 Å². The molecule has 0 aliphatic heterocycles. The van der Waals surface area contributed by atoms with Gasteiger partial charge in [0.05, 0.1) is 13.7 Å². The van der Waals surface area contributed by atoms with Gasteiger partial charge in [-0.25, -0.2) is 4.79 Å². The van der Waals surface area contributed by atoms with E-state index < -0.39 is 0 Å². The molecule has 1 rings (SSSR count). The van der Waals surface area contributed by atoms with Gasteiger partial charge in [0, 0.05) is 11.5 Å². The van der Waals surface area contributed by atoms with Crippen LogP contribution in [0, 0.1) is 0 Å². The highest BCUT2D eigenvalue weighted by molar-refractivity contribution is 5.82. The monoisotopic (exact) mass is 248 g/mol. The summed E-state index contributed by atoms with van der Waals surface area (Å²) in [6.07, 6.45) is 3.32. The first-order valence-corrected chi connectivity index (χ1v) is 6.00. The van der Waals surface area contributed by atoms with Crippen molar-refractivity contribution in [2.24, 2.45) is 0 Å². The van der Waals surface area contributed by atoms with Crippen LogP contribution in [0.1, 0.15) is 26.3 Å². The van der Waals surface area contributed by atoms with Gasteiger partial charge in [0.2, 0.25) is 0 Å². The van der Waals surface area contributed by atoms with Crippen LogP contribution in [0.15, 0.2) is 36.4 Å². The van der Waals surface area contributed by atoms with Crippen molar-refractivity contribution in [3.63, 3.8) is 0 Å². The summed E-state index contributed by atoms with van der Waals surface area (Å²) in [5.41, 5.74) is 0.837. The second-order valence-electron chi connectivity index (χ2n) is 4.54. The van der Waals surface area contributed by atoms with Crippen molar-refractivity contribution in [1.82, 2.24) is 0 Å². The summed E-state index contributed by atoms with van der Waals surface area (Å²) in [5, 5.41) is 0. The molecule has 1 aromatic carbocycles. The van der Waals surface area contributed by atoms with Crippen molar-refractivity contribution in [3.8, 4) is 5.75 Å². The number of rotatable bonds is 5. The van der Waals surface area contributed by atoms with E-state index >= 15 is 0 Å². The number of methoxy groups -OCH3 is 1. The van der Waals surface area contributed by atoms with Crippen LogP contribution in [0.5, 0.6) is 5.75 Å². The van der Waals surface area contributed by atoms with Gasteiger partial charge in [0.25, 0.3) is 0 Å². The minimum Gasteiger partial charge on any atom is -0.497 e. The van der Waals surface area contributed by atoms with Gasteiger partial charge >= 0.3 is 5.97 Å². The van der Waals surface area contributed by atoms with Crippen molar-refractivity contribution in [1.29, 1.82) is 0 Å². The smallest absolute Gasteiger partial charge is 0.330 e. The molecule has 0 atom stereocenters. The minimum absolute atomic E-state index is 0.249. The molecule has 0 saturated carbocycles. The second-order valence-corrected chi connectivity index (χ2v) is 4.54. The molecule has 0 amide bonds. The van der Waals surface area contributed by atoms with E-state index in [1.165, 1.54) is 6.08 Å². The van der Waals surface area contributed by atoms with E-state index in [0.29, 0.717) is 6.61 Å². The Balaban J connectivity index is 2.87. The van der Waals surface area contributed by atoms with Crippen LogP contribution in [0.25, 0.3) is 0 Å². The van der Waals surface area contributed by atoms with Crippen molar-refractivity contribution < 1.29 is 14.3 Å². The molecule has 0 fully saturated rings. The zero-order valence-electron chi connectivity index (χ0n) is 11.4. The Morgan fingerprint density at radius 1 is 1.39 bits per heavy atom. The number of ether oxygens (including phenoxy) is 2. The molecule has 3 heteroatoms. The SMILES string of the molecule is CCOC(=O)C=CC(C)(C)c1cccc(OC)c1. The molecule has 0 heterocycles. The molecule has 98 valence electrons. The molecule has 0 aliphatic rings. The first-order chi connectivity index (χ1) is 8.49. The molecule has 3 nitrogen and oxygen atoms in total. The van der Waals surface area contributed by atoms with Gasteiger partial charge < -0.3 is 9.47 Å². The van der Waals surface area contributed by atoms with Gasteiger partial charge in [-0.05, 0) is 24.6 Å². The summed E-state index contributed by atoms with van der Waals surface area (Å²) in [7, 11) is 1.64. The maximum absolute atomic E-state index is 11.3. The van der Waals surface area contributed by atoms with Crippen molar-refractivity contribution in [2.45, 2.75) is 26.2 Å². The maximum atomic E-state index is 11.3. The van der Waals surface area contributed by atoms with Gasteiger partial charge in [-0.3, -0.25) is 0 Å². The van der Waals surface area contributed by atoms with E-state index in [0.717, 1.165) is 11.3 Å². The quantitative estimate of drug-likeness (QED) is 0.593. The molecular weight excluding hydrogens is 228 g/mol. The molecule has 0 N–H and O–H groups in total. The summed E-state index contributed by atoms with van der Waals surface area (Å²) in [6, 6.07) is 7.82. The van der Waals surface area contributed by atoms with Crippen LogP contribution >= 0.6 is 0 Å². The van der Waals surface area contributed by atoms with E-state index in [4.69, 9.17) is 9.47 Å². The average Bonchev–Trinajstić information content (AvgIpc) is 2.37. The fourth-order valence-corrected chi connectivity index (χ4v) is 1.59. The average molecular weight is 248 g/mol. The molecular formula is C15H20O3. The highest BCUT2D eigenvalue weighted by Gasteiger charge is 2.18. The molecule has 18 heavy (non-hydrogen) atoms. The number of hydrogen-bond donors (Lipinski definition) is 0. The fraction of sp³-hybridized carbons (Fsp3) is 0.400. The Labute approximate surface area is 108 Å². The van der Waals surface area contributed by atoms with E-state index in [1.54, 1.807) is 14.0 Å². The van der Waals surface area contributed by atoms with Crippen molar-refractivity contribution >= 4 is 5.97 Å². The predicted molar refractivity (Wildman–Crippen MR) is 71.8 cm³/mol. The zero-order chi connectivity index (χ0) is 13.6. The zero-order valence-corrected chi connectivity index (χ0v) is 11.4. The summed E-state index contributed by atoms with van der Waals surface area (Å²) in [5.74, 6) is 0.499. The number of carbonyl (C=O) groups is 1. The lowest BCUT2D eigenvalue weighted by Gasteiger charge is -2.21. The lowest BCUT2D eigenvalue weighted by atomic mass is 9.84. The van der Waals surface area contributed by atoms with Gasteiger partial charge in [0.15, 0.2) is 0 Å². The van der Waals surface area contributed by atoms with E-state index in [9.17, 15) is 4.79 Å². The Bertz CT molecular complexity index is 433. The number of hydrogen-bond acceptors (Lipinski definition) is 3. The highest BCUT2D eigenvalue weighted by Crippen LogP contribution is 2.27. The van der Waals surface area contributed by atoms with Crippen molar-refractivity contribution in [3.05, 3.63) is 42.0 Å². The van der Waals surface area contributed by atoms with E-state index in [2.05, 4.69) is 0 Å². The number of benzene rings is 1. The summed E-state index contributed by atoms with van der Waals surface area (Å²) in [4.78, 5) is 11.3. The third-order valence-corrected chi connectivity index (χ3v) is 2.74. The number of carbonyl (C=O) groups excluding carboxylic acids is 1. The topological polar surface area (TPSA) is 35.5 Å². The van der Waals surface area contributed by atoms with E-state index in [1.807, 2.05) is 44.2 Å². The minimum atomic E-state index is -0.312. The first kappa shape index (κ1) is 14.3. The standard InChI is InChI=1S/C15H20O3/c1-5-18-14(16)9-10-15(2,3)12-7-6-8-13(11-12)17-4/h6-11H,5H2,1-4H3. The Morgan fingerprint density at radius 2 is 2.11 bits per heavy atom. The fourth-order valence-electron chi connectivity index (χ4n) is 1.59. The van der Waals surface area contributed by atoms with E-state index in [-0.39, 0.29) is 11.4 Å². The third-order valence-electron chi connectivity index (χ3n) is 2.74. The highest BCUT2D eigenvalue weighted by atomic mass is 16.5. The van der Waals surface area contributed by atoms with Crippen molar-refractivity contribution in [2.75, 3.05) is 13.7 Å². The normalized spacial score (nSPS) is 11.6. The largest absolute Gasteiger partial charge is 0.497 e. The van der Waals surface area contributed by atoms with Crippen LogP contribution < -0.4 is 4.74 Å². The van der Waals surface area contributed by atoms with Crippen LogP contribution in [-0.4, -0.2) is 19.7 Å². The molecule has 0 bridgehead atoms. The maximum Gasteiger partial charge on any atom is 0.330 e. The van der Waals surface area contributed by atoms with Crippen LogP contribution in [0.4, 0.5) is 0 Å². The Hall–Kier alpha value is -1.77. The second kappa shape index (κ2) is 6.24. The molecule has 0 saturated heterocycles. The molecule has 0 radical (unpaired) electrons. The molecule has 0 aliphatic carbocycles. The molecule has 0 spiro atoms. The Morgan fingerprint density at radius 3 is 2.72 bits per heavy atom. The van der Waals surface area contributed by atoms with Gasteiger partial charge in [-0.1, -0.05) is 32.1 Å². The van der Waals surface area contributed by atoms with Crippen LogP contribution in [-0.2, 0) is 14.9 Å². The third kappa shape index (κ3) is 3.91. The number of esters is 1. The lowest BCUT2D eigenvalue weighted by molar-refractivity contribution is -0.137. The number of allylic oxidation sites excluding steroid dienone is 1. The molecule has 0 unspecified atom stereocenters. The van der Waals surface area contributed by atoms with Gasteiger partial charge in [0.1, 0.15) is 5.75 Å².